The summed E-state index contributed by atoms with van der Waals surface area (Å²) in [5.41, 5.74) is 1.95. The lowest BCUT2D eigenvalue weighted by Gasteiger charge is -2.36. The average Bonchev–Trinajstić information content (AvgIpc) is 2.65. The van der Waals surface area contributed by atoms with Gasteiger partial charge in [-0.05, 0) is 36.2 Å². The third-order valence-corrected chi connectivity index (χ3v) is 4.73. The van der Waals surface area contributed by atoms with Crippen molar-refractivity contribution < 1.29 is 14.1 Å². The Labute approximate surface area is 164 Å². The van der Waals surface area contributed by atoms with Crippen LogP contribution in [0.5, 0.6) is 5.75 Å². The monoisotopic (exact) mass is 395 g/mol. The normalized spacial score (nSPS) is 14.6. The lowest BCUT2D eigenvalue weighted by Crippen LogP contribution is -2.46. The van der Waals surface area contributed by atoms with Crippen LogP contribution >= 0.6 is 12.4 Å². The molecule has 0 amide bonds. The Hall–Kier alpha value is -2.38. The lowest BCUT2D eigenvalue weighted by molar-refractivity contribution is -0.384. The summed E-state index contributed by atoms with van der Waals surface area (Å²) in [7, 11) is 1.64. The molecule has 1 fully saturated rings. The third-order valence-electron chi connectivity index (χ3n) is 4.73. The summed E-state index contributed by atoms with van der Waals surface area (Å²) >= 11 is 0. The molecule has 0 N–H and O–H groups in total. The predicted octanol–water partition coefficient (Wildman–Crippen LogP) is 3.79. The number of ether oxygens (including phenoxy) is 1. The first-order valence-electron chi connectivity index (χ1n) is 8.52. The van der Waals surface area contributed by atoms with Gasteiger partial charge in [-0.15, -0.1) is 12.4 Å². The maximum atomic E-state index is 13.7. The molecule has 0 spiro atoms. The highest BCUT2D eigenvalue weighted by atomic mass is 35.5. The van der Waals surface area contributed by atoms with Crippen molar-refractivity contribution in [1.82, 2.24) is 4.90 Å². The van der Waals surface area contributed by atoms with Gasteiger partial charge >= 0.3 is 0 Å². The molecule has 1 heterocycles. The van der Waals surface area contributed by atoms with Gasteiger partial charge in [-0.3, -0.25) is 15.0 Å². The minimum Gasteiger partial charge on any atom is -0.497 e. The Balaban J connectivity index is 0.00000261. The van der Waals surface area contributed by atoms with E-state index >= 15 is 0 Å². The number of nitrogens with zero attached hydrogens (tertiary/aromatic N) is 3. The summed E-state index contributed by atoms with van der Waals surface area (Å²) in [5, 5.41) is 11.3. The van der Waals surface area contributed by atoms with E-state index in [-0.39, 0.29) is 18.1 Å². The Morgan fingerprint density at radius 3 is 2.33 bits per heavy atom. The molecule has 1 aliphatic heterocycles. The number of nitro benzene ring substituents is 1. The molecule has 6 nitrogen and oxygen atoms in total. The second kappa shape index (κ2) is 9.01. The Kier molecular flexibility index (Phi) is 6.98. The summed E-state index contributed by atoms with van der Waals surface area (Å²) in [6.45, 7) is 5.37. The van der Waals surface area contributed by atoms with Gasteiger partial charge in [-0.1, -0.05) is 12.1 Å². The molecule has 146 valence electrons. The van der Waals surface area contributed by atoms with Crippen LogP contribution in [0, 0.1) is 22.9 Å². The summed E-state index contributed by atoms with van der Waals surface area (Å²) in [4.78, 5) is 15.0. The van der Waals surface area contributed by atoms with Crippen molar-refractivity contribution in [2.75, 3.05) is 38.2 Å². The van der Waals surface area contributed by atoms with Gasteiger partial charge in [0.05, 0.1) is 18.1 Å². The number of hydrogen-bond acceptors (Lipinski definition) is 5. The molecule has 27 heavy (non-hydrogen) atoms. The molecule has 0 saturated carbocycles. The van der Waals surface area contributed by atoms with E-state index in [0.717, 1.165) is 31.5 Å². The van der Waals surface area contributed by atoms with Crippen molar-refractivity contribution in [3.63, 3.8) is 0 Å². The van der Waals surface area contributed by atoms with Gasteiger partial charge < -0.3 is 9.64 Å². The summed E-state index contributed by atoms with van der Waals surface area (Å²) in [5.74, 6) is 0.288. The fourth-order valence-electron chi connectivity index (χ4n) is 3.19. The van der Waals surface area contributed by atoms with Crippen LogP contribution in [-0.2, 0) is 6.54 Å². The fourth-order valence-corrected chi connectivity index (χ4v) is 3.19. The number of methoxy groups -OCH3 is 1. The van der Waals surface area contributed by atoms with Crippen LogP contribution < -0.4 is 9.64 Å². The van der Waals surface area contributed by atoms with Crippen molar-refractivity contribution in [3.05, 3.63) is 63.5 Å². The second-order valence-electron chi connectivity index (χ2n) is 6.46. The molecule has 1 saturated heterocycles. The van der Waals surface area contributed by atoms with Crippen LogP contribution in [0.1, 0.15) is 11.1 Å². The van der Waals surface area contributed by atoms with E-state index in [0.29, 0.717) is 24.3 Å². The predicted molar refractivity (Wildman–Crippen MR) is 106 cm³/mol. The molecule has 1 aliphatic rings. The van der Waals surface area contributed by atoms with Gasteiger partial charge in [0.2, 0.25) is 0 Å². The van der Waals surface area contributed by atoms with E-state index in [1.807, 2.05) is 29.2 Å². The van der Waals surface area contributed by atoms with Gasteiger partial charge in [0.1, 0.15) is 17.3 Å². The first-order chi connectivity index (χ1) is 12.5. The highest BCUT2D eigenvalue weighted by Crippen LogP contribution is 2.31. The standard InChI is InChI=1S/C19H22FN3O3.ClH/c1-14-11-18(19(23(24)25)12-17(14)20)22-9-7-21(8-10-22)13-15-3-5-16(26-2)6-4-15;/h3-6,11-12H,7-10,13H2,1-2H3;1H. The zero-order valence-corrected chi connectivity index (χ0v) is 16.2. The van der Waals surface area contributed by atoms with Gasteiger partial charge in [0.25, 0.3) is 5.69 Å². The zero-order chi connectivity index (χ0) is 18.7. The van der Waals surface area contributed by atoms with Crippen molar-refractivity contribution >= 4 is 23.8 Å². The molecular weight excluding hydrogens is 373 g/mol. The van der Waals surface area contributed by atoms with E-state index in [1.54, 1.807) is 20.1 Å². The van der Waals surface area contributed by atoms with Crippen molar-refractivity contribution in [2.45, 2.75) is 13.5 Å². The molecule has 0 aromatic heterocycles. The maximum absolute atomic E-state index is 13.7. The third kappa shape index (κ3) is 4.87. The van der Waals surface area contributed by atoms with Crippen molar-refractivity contribution in [1.29, 1.82) is 0 Å². The van der Waals surface area contributed by atoms with Crippen LogP contribution in [0.15, 0.2) is 36.4 Å². The van der Waals surface area contributed by atoms with E-state index < -0.39 is 10.7 Å². The number of rotatable bonds is 5. The average molecular weight is 396 g/mol. The molecule has 0 atom stereocenters. The van der Waals surface area contributed by atoms with Gasteiger partial charge in [0, 0.05) is 32.7 Å². The summed E-state index contributed by atoms with van der Waals surface area (Å²) < 4.78 is 18.9. The maximum Gasteiger partial charge on any atom is 0.295 e. The number of aryl methyl sites for hydroxylation is 1. The molecule has 2 aromatic carbocycles. The highest BCUT2D eigenvalue weighted by Gasteiger charge is 2.25. The molecule has 8 heteroatoms. The zero-order valence-electron chi connectivity index (χ0n) is 15.4. The summed E-state index contributed by atoms with van der Waals surface area (Å²) in [6, 6.07) is 10.6. The minimum absolute atomic E-state index is 0. The van der Waals surface area contributed by atoms with Gasteiger partial charge in [-0.25, -0.2) is 4.39 Å². The first kappa shape index (κ1) is 20.9. The Morgan fingerprint density at radius 2 is 1.78 bits per heavy atom. The van der Waals surface area contributed by atoms with E-state index in [1.165, 1.54) is 5.56 Å². The van der Waals surface area contributed by atoms with Gasteiger partial charge in [-0.2, -0.15) is 0 Å². The quantitative estimate of drug-likeness (QED) is 0.569. The van der Waals surface area contributed by atoms with Crippen LogP contribution in [0.3, 0.4) is 0 Å². The molecule has 2 aromatic rings. The SMILES string of the molecule is COc1ccc(CN2CCN(c3cc(C)c(F)cc3[N+](=O)[O-])CC2)cc1.Cl. The fraction of sp³-hybridized carbons (Fsp3) is 0.368. The number of hydrogen-bond donors (Lipinski definition) is 0. The molecule has 0 unspecified atom stereocenters. The first-order valence-corrected chi connectivity index (χ1v) is 8.52. The van der Waals surface area contributed by atoms with Crippen molar-refractivity contribution in [3.8, 4) is 5.75 Å². The molecule has 0 aliphatic carbocycles. The number of piperazine rings is 1. The molecule has 3 rings (SSSR count). The van der Waals surface area contributed by atoms with Crippen LogP contribution in [-0.4, -0.2) is 43.1 Å². The minimum atomic E-state index is -0.543. The summed E-state index contributed by atoms with van der Waals surface area (Å²) in [6.07, 6.45) is 0. The smallest absolute Gasteiger partial charge is 0.295 e. The van der Waals surface area contributed by atoms with E-state index in [9.17, 15) is 14.5 Å². The van der Waals surface area contributed by atoms with Crippen LogP contribution in [0.4, 0.5) is 15.8 Å². The molecule has 0 bridgehead atoms. The second-order valence-corrected chi connectivity index (χ2v) is 6.46. The molecular formula is C19H23ClFN3O3. The topological polar surface area (TPSA) is 58.8 Å². The number of benzene rings is 2. The van der Waals surface area contributed by atoms with Crippen LogP contribution in [0.2, 0.25) is 0 Å². The number of nitro groups is 1. The van der Waals surface area contributed by atoms with Crippen LogP contribution in [0.25, 0.3) is 0 Å². The van der Waals surface area contributed by atoms with Gasteiger partial charge in [0.15, 0.2) is 0 Å². The Morgan fingerprint density at radius 1 is 1.15 bits per heavy atom. The largest absolute Gasteiger partial charge is 0.497 e. The number of halogens is 2. The molecule has 0 radical (unpaired) electrons. The highest BCUT2D eigenvalue weighted by molar-refractivity contribution is 5.85. The lowest BCUT2D eigenvalue weighted by atomic mass is 10.1. The Bertz CT molecular complexity index is 794. The van der Waals surface area contributed by atoms with E-state index in [4.69, 9.17) is 4.74 Å². The van der Waals surface area contributed by atoms with Crippen molar-refractivity contribution in [2.24, 2.45) is 0 Å². The number of anilines is 1. The van der Waals surface area contributed by atoms with E-state index in [2.05, 4.69) is 4.90 Å².